The molecule has 0 fully saturated rings. The van der Waals surface area contributed by atoms with Crippen molar-refractivity contribution in [1.82, 2.24) is 10.2 Å². The third-order valence-electron chi connectivity index (χ3n) is 2.32. The second-order valence-electron chi connectivity index (χ2n) is 4.07. The van der Waals surface area contributed by atoms with Gasteiger partial charge in [-0.1, -0.05) is 0 Å². The number of hydrogen-bond acceptors (Lipinski definition) is 2. The SMILES string of the molecule is CC(C)N(C)CCCCNCC(F)(F)F. The molecule has 0 heterocycles. The van der Waals surface area contributed by atoms with Crippen LogP contribution in [0.2, 0.25) is 0 Å². The molecule has 0 saturated carbocycles. The number of nitrogens with zero attached hydrogens (tertiary/aromatic N) is 1. The molecule has 0 aromatic rings. The third kappa shape index (κ3) is 10.0. The van der Waals surface area contributed by atoms with E-state index in [0.29, 0.717) is 12.6 Å². The highest BCUT2D eigenvalue weighted by atomic mass is 19.4. The highest BCUT2D eigenvalue weighted by Crippen LogP contribution is 2.12. The van der Waals surface area contributed by atoms with Crippen molar-refractivity contribution in [2.75, 3.05) is 26.7 Å². The molecule has 0 aliphatic heterocycles. The van der Waals surface area contributed by atoms with Crippen molar-refractivity contribution in [3.8, 4) is 0 Å². The van der Waals surface area contributed by atoms with Gasteiger partial charge in [0.1, 0.15) is 0 Å². The van der Waals surface area contributed by atoms with Gasteiger partial charge in [-0.2, -0.15) is 13.2 Å². The molecule has 0 bridgehead atoms. The van der Waals surface area contributed by atoms with Crippen LogP contribution in [0.4, 0.5) is 13.2 Å². The molecule has 0 atom stereocenters. The van der Waals surface area contributed by atoms with Crippen LogP contribution in [-0.2, 0) is 0 Å². The van der Waals surface area contributed by atoms with Gasteiger partial charge in [-0.05, 0) is 46.8 Å². The Labute approximate surface area is 89.8 Å². The lowest BCUT2D eigenvalue weighted by molar-refractivity contribution is -0.124. The molecule has 0 rings (SSSR count). The second-order valence-corrected chi connectivity index (χ2v) is 4.07. The normalized spacial score (nSPS) is 12.8. The summed E-state index contributed by atoms with van der Waals surface area (Å²) in [6.07, 6.45) is -2.37. The topological polar surface area (TPSA) is 15.3 Å². The first-order chi connectivity index (χ1) is 6.83. The van der Waals surface area contributed by atoms with Crippen LogP contribution in [0.15, 0.2) is 0 Å². The minimum Gasteiger partial charge on any atom is -0.309 e. The van der Waals surface area contributed by atoms with Crippen molar-refractivity contribution in [3.63, 3.8) is 0 Å². The Hall–Kier alpha value is -0.290. The van der Waals surface area contributed by atoms with Crippen molar-refractivity contribution in [2.24, 2.45) is 0 Å². The van der Waals surface area contributed by atoms with E-state index in [9.17, 15) is 13.2 Å². The minimum absolute atomic E-state index is 0.436. The van der Waals surface area contributed by atoms with Gasteiger partial charge in [-0.25, -0.2) is 0 Å². The lowest BCUT2D eigenvalue weighted by Crippen LogP contribution is -2.30. The Morgan fingerprint density at radius 2 is 1.80 bits per heavy atom. The zero-order chi connectivity index (χ0) is 11.9. The van der Waals surface area contributed by atoms with E-state index in [1.807, 2.05) is 7.05 Å². The van der Waals surface area contributed by atoms with E-state index in [-0.39, 0.29) is 0 Å². The summed E-state index contributed by atoms with van der Waals surface area (Å²) in [5.74, 6) is 0. The lowest BCUT2D eigenvalue weighted by atomic mass is 10.2. The van der Waals surface area contributed by atoms with Gasteiger partial charge in [-0.15, -0.1) is 0 Å². The van der Waals surface area contributed by atoms with Crippen LogP contribution < -0.4 is 5.32 Å². The molecule has 0 aliphatic rings. The maximum absolute atomic E-state index is 11.7. The Bertz CT molecular complexity index is 157. The first-order valence-electron chi connectivity index (χ1n) is 5.30. The quantitative estimate of drug-likeness (QED) is 0.670. The van der Waals surface area contributed by atoms with Crippen molar-refractivity contribution in [2.45, 2.75) is 38.9 Å². The number of hydrogen-bond donors (Lipinski definition) is 1. The molecule has 0 radical (unpaired) electrons. The summed E-state index contributed by atoms with van der Waals surface area (Å²) in [6.45, 7) is 4.69. The maximum atomic E-state index is 11.7. The average molecular weight is 226 g/mol. The highest BCUT2D eigenvalue weighted by molar-refractivity contribution is 4.59. The molecule has 0 aromatic heterocycles. The number of unbranched alkanes of at least 4 members (excludes halogenated alkanes) is 1. The summed E-state index contributed by atoms with van der Waals surface area (Å²) in [4.78, 5) is 2.18. The van der Waals surface area contributed by atoms with E-state index in [1.54, 1.807) is 0 Å². The lowest BCUT2D eigenvalue weighted by Gasteiger charge is -2.20. The summed E-state index contributed by atoms with van der Waals surface area (Å²) in [5.41, 5.74) is 0. The van der Waals surface area contributed by atoms with Gasteiger partial charge in [-0.3, -0.25) is 0 Å². The molecule has 15 heavy (non-hydrogen) atoms. The molecular weight excluding hydrogens is 205 g/mol. The molecule has 5 heteroatoms. The summed E-state index contributed by atoms with van der Waals surface area (Å²) in [5, 5.41) is 2.38. The molecule has 0 amide bonds. The van der Waals surface area contributed by atoms with Gasteiger partial charge in [0.25, 0.3) is 0 Å². The van der Waals surface area contributed by atoms with Gasteiger partial charge in [0.15, 0.2) is 0 Å². The molecule has 0 spiro atoms. The Morgan fingerprint density at radius 1 is 1.20 bits per heavy atom. The maximum Gasteiger partial charge on any atom is 0.401 e. The average Bonchev–Trinajstić information content (AvgIpc) is 2.08. The van der Waals surface area contributed by atoms with Gasteiger partial charge < -0.3 is 10.2 Å². The first kappa shape index (κ1) is 14.7. The first-order valence-corrected chi connectivity index (χ1v) is 5.30. The van der Waals surface area contributed by atoms with E-state index in [4.69, 9.17) is 0 Å². The van der Waals surface area contributed by atoms with E-state index in [2.05, 4.69) is 24.1 Å². The zero-order valence-electron chi connectivity index (χ0n) is 9.69. The standard InChI is InChI=1S/C10H21F3N2/c1-9(2)15(3)7-5-4-6-14-8-10(11,12)13/h9,14H,4-8H2,1-3H3. The number of alkyl halides is 3. The molecule has 0 aliphatic carbocycles. The van der Waals surface area contributed by atoms with E-state index < -0.39 is 12.7 Å². The molecule has 0 aromatic carbocycles. The predicted molar refractivity (Wildman–Crippen MR) is 55.9 cm³/mol. The van der Waals surface area contributed by atoms with E-state index in [1.165, 1.54) is 0 Å². The van der Waals surface area contributed by atoms with Crippen LogP contribution in [-0.4, -0.2) is 43.8 Å². The van der Waals surface area contributed by atoms with Gasteiger partial charge >= 0.3 is 6.18 Å². The Balaban J connectivity index is 3.26. The van der Waals surface area contributed by atoms with Crippen LogP contribution in [0.1, 0.15) is 26.7 Å². The van der Waals surface area contributed by atoms with Crippen molar-refractivity contribution < 1.29 is 13.2 Å². The Morgan fingerprint density at radius 3 is 2.27 bits per heavy atom. The molecular formula is C10H21F3N2. The van der Waals surface area contributed by atoms with Crippen LogP contribution in [0, 0.1) is 0 Å². The summed E-state index contributed by atoms with van der Waals surface area (Å²) >= 11 is 0. The van der Waals surface area contributed by atoms with Gasteiger partial charge in [0.2, 0.25) is 0 Å². The smallest absolute Gasteiger partial charge is 0.309 e. The molecule has 1 N–H and O–H groups in total. The van der Waals surface area contributed by atoms with Crippen LogP contribution in [0.3, 0.4) is 0 Å². The second kappa shape index (κ2) is 7.06. The third-order valence-corrected chi connectivity index (χ3v) is 2.32. The van der Waals surface area contributed by atoms with Crippen LogP contribution >= 0.6 is 0 Å². The van der Waals surface area contributed by atoms with Crippen LogP contribution in [0.5, 0.6) is 0 Å². The minimum atomic E-state index is -4.09. The summed E-state index contributed by atoms with van der Waals surface area (Å²) in [7, 11) is 2.02. The zero-order valence-corrected chi connectivity index (χ0v) is 9.69. The largest absolute Gasteiger partial charge is 0.401 e. The molecule has 2 nitrogen and oxygen atoms in total. The highest BCUT2D eigenvalue weighted by Gasteiger charge is 2.25. The summed E-state index contributed by atoms with van der Waals surface area (Å²) < 4.78 is 35.2. The van der Waals surface area contributed by atoms with Gasteiger partial charge in [0, 0.05) is 6.04 Å². The number of rotatable bonds is 7. The number of nitrogens with one attached hydrogen (secondary N) is 1. The van der Waals surface area contributed by atoms with E-state index in [0.717, 1.165) is 19.4 Å². The molecule has 0 saturated heterocycles. The predicted octanol–water partition coefficient (Wildman–Crippen LogP) is 2.26. The number of halogens is 3. The fourth-order valence-corrected chi connectivity index (χ4v) is 1.10. The van der Waals surface area contributed by atoms with Crippen molar-refractivity contribution in [1.29, 1.82) is 0 Å². The monoisotopic (exact) mass is 226 g/mol. The van der Waals surface area contributed by atoms with Crippen LogP contribution in [0.25, 0.3) is 0 Å². The fourth-order valence-electron chi connectivity index (χ4n) is 1.10. The van der Waals surface area contributed by atoms with E-state index >= 15 is 0 Å². The summed E-state index contributed by atoms with van der Waals surface area (Å²) in [6, 6.07) is 0.494. The van der Waals surface area contributed by atoms with Crippen molar-refractivity contribution >= 4 is 0 Å². The molecule has 0 unspecified atom stereocenters. The fraction of sp³-hybridized carbons (Fsp3) is 1.00. The van der Waals surface area contributed by atoms with Crippen molar-refractivity contribution in [3.05, 3.63) is 0 Å². The Kier molecular flexibility index (Phi) is 6.92. The van der Waals surface area contributed by atoms with Gasteiger partial charge in [0.05, 0.1) is 6.54 Å². The molecule has 92 valence electrons.